The molecule has 108 valence electrons. The third kappa shape index (κ3) is 2.26. The largest absolute Gasteiger partial charge is 0.315 e. The van der Waals surface area contributed by atoms with Crippen LogP contribution in [0.5, 0.6) is 0 Å². The molecule has 0 aliphatic carbocycles. The van der Waals surface area contributed by atoms with E-state index in [4.69, 9.17) is 0 Å². The number of thiazole rings is 1. The monoisotopic (exact) mass is 330 g/mol. The normalized spacial score (nSPS) is 20.6. The maximum absolute atomic E-state index is 12.8. The Balaban J connectivity index is 2.03. The van der Waals surface area contributed by atoms with E-state index in [1.54, 1.807) is 18.3 Å². The molecule has 2 aromatic rings. The first kappa shape index (κ1) is 14.0. The minimum absolute atomic E-state index is 0.108. The van der Waals surface area contributed by atoms with Crippen molar-refractivity contribution in [2.75, 3.05) is 6.54 Å². The summed E-state index contributed by atoms with van der Waals surface area (Å²) in [7, 11) is -3.60. The van der Waals surface area contributed by atoms with Gasteiger partial charge in [-0.1, -0.05) is 11.3 Å². The lowest BCUT2D eigenvalue weighted by Crippen LogP contribution is -2.30. The number of nitrogens with zero attached hydrogens (tertiary/aromatic N) is 1. The topological polar surface area (TPSA) is 70.2 Å². The number of hydrogen-bond acceptors (Lipinski definition) is 5. The zero-order chi connectivity index (χ0) is 14.3. The molecule has 3 rings (SSSR count). The fourth-order valence-electron chi connectivity index (χ4n) is 2.57. The molecule has 20 heavy (non-hydrogen) atoms. The number of H-pyrrole nitrogens is 1. The Kier molecular flexibility index (Phi) is 3.57. The van der Waals surface area contributed by atoms with Gasteiger partial charge in [0.05, 0.1) is 6.04 Å². The van der Waals surface area contributed by atoms with Gasteiger partial charge in [0.2, 0.25) is 0 Å². The average molecular weight is 330 g/mol. The SMILES string of the molecule is Cc1[nH]c(=O)sc1S(=O)(=O)N1CCCC1c1ccsc1. The van der Waals surface area contributed by atoms with Crippen LogP contribution < -0.4 is 4.87 Å². The van der Waals surface area contributed by atoms with Crippen LogP contribution >= 0.6 is 22.7 Å². The van der Waals surface area contributed by atoms with Crippen LogP contribution in [0.4, 0.5) is 0 Å². The number of thiophene rings is 1. The number of rotatable bonds is 3. The molecule has 0 aromatic carbocycles. The van der Waals surface area contributed by atoms with Crippen molar-refractivity contribution < 1.29 is 8.42 Å². The molecule has 1 N–H and O–H groups in total. The third-order valence-electron chi connectivity index (χ3n) is 3.46. The fourth-order valence-corrected chi connectivity index (χ4v) is 6.37. The Bertz CT molecular complexity index is 758. The van der Waals surface area contributed by atoms with Crippen LogP contribution in [-0.2, 0) is 10.0 Å². The molecule has 0 spiro atoms. The second-order valence-electron chi connectivity index (χ2n) is 4.76. The molecular formula is C12H14N2O3S3. The number of sulfonamides is 1. The first-order valence-electron chi connectivity index (χ1n) is 6.24. The van der Waals surface area contributed by atoms with Crippen molar-refractivity contribution in [2.45, 2.75) is 30.0 Å². The molecule has 1 saturated heterocycles. The zero-order valence-electron chi connectivity index (χ0n) is 10.8. The first-order chi connectivity index (χ1) is 9.50. The van der Waals surface area contributed by atoms with Crippen LogP contribution in [0.3, 0.4) is 0 Å². The summed E-state index contributed by atoms with van der Waals surface area (Å²) in [5, 5.41) is 3.95. The van der Waals surface area contributed by atoms with Gasteiger partial charge in [0.25, 0.3) is 10.0 Å². The molecule has 1 atom stereocenters. The van der Waals surface area contributed by atoms with Crippen LogP contribution in [0.15, 0.2) is 25.8 Å². The number of aryl methyl sites for hydroxylation is 1. The second-order valence-corrected chi connectivity index (χ2v) is 8.61. The summed E-state index contributed by atoms with van der Waals surface area (Å²) in [6, 6.07) is 1.86. The predicted molar refractivity (Wildman–Crippen MR) is 79.9 cm³/mol. The highest BCUT2D eigenvalue weighted by Gasteiger charge is 2.38. The van der Waals surface area contributed by atoms with E-state index in [0.29, 0.717) is 12.2 Å². The Hall–Kier alpha value is -0.960. The molecule has 1 unspecified atom stereocenters. The summed E-state index contributed by atoms with van der Waals surface area (Å²) in [6.07, 6.45) is 1.67. The molecule has 2 aromatic heterocycles. The molecule has 0 amide bonds. The molecule has 3 heterocycles. The van der Waals surface area contributed by atoms with Crippen LogP contribution in [0.1, 0.15) is 30.1 Å². The highest BCUT2D eigenvalue weighted by atomic mass is 32.2. The summed E-state index contributed by atoms with van der Waals surface area (Å²) in [6.45, 7) is 2.13. The molecule has 1 aliphatic heterocycles. The Labute approximate surface area is 124 Å². The van der Waals surface area contributed by atoms with Gasteiger partial charge in [-0.05, 0) is 42.2 Å². The third-order valence-corrected chi connectivity index (χ3v) is 7.65. The van der Waals surface area contributed by atoms with Crippen molar-refractivity contribution >= 4 is 32.7 Å². The van der Waals surface area contributed by atoms with Gasteiger partial charge in [-0.25, -0.2) is 8.42 Å². The quantitative estimate of drug-likeness (QED) is 0.939. The molecule has 5 nitrogen and oxygen atoms in total. The highest BCUT2D eigenvalue weighted by molar-refractivity contribution is 7.91. The second kappa shape index (κ2) is 5.10. The van der Waals surface area contributed by atoms with Crippen LogP contribution in [0, 0.1) is 6.92 Å². The lowest BCUT2D eigenvalue weighted by atomic mass is 10.1. The zero-order valence-corrected chi connectivity index (χ0v) is 13.3. The van der Waals surface area contributed by atoms with Gasteiger partial charge < -0.3 is 4.98 Å². The van der Waals surface area contributed by atoms with E-state index in [2.05, 4.69) is 4.98 Å². The van der Waals surface area contributed by atoms with Gasteiger partial charge in [-0.2, -0.15) is 15.6 Å². The van der Waals surface area contributed by atoms with E-state index in [1.807, 2.05) is 16.8 Å². The molecule has 0 radical (unpaired) electrons. The van der Waals surface area contributed by atoms with E-state index >= 15 is 0 Å². The smallest absolute Gasteiger partial charge is 0.305 e. The van der Waals surface area contributed by atoms with E-state index in [9.17, 15) is 13.2 Å². The van der Waals surface area contributed by atoms with E-state index in [1.165, 1.54) is 4.31 Å². The molecule has 1 aliphatic rings. The fraction of sp³-hybridized carbons (Fsp3) is 0.417. The number of aromatic nitrogens is 1. The van der Waals surface area contributed by atoms with Crippen molar-refractivity contribution in [1.29, 1.82) is 0 Å². The van der Waals surface area contributed by atoms with Gasteiger partial charge in [0, 0.05) is 12.2 Å². The number of hydrogen-bond donors (Lipinski definition) is 1. The summed E-state index contributed by atoms with van der Waals surface area (Å²) in [5.41, 5.74) is 1.47. The summed E-state index contributed by atoms with van der Waals surface area (Å²) in [4.78, 5) is 13.6. The van der Waals surface area contributed by atoms with Crippen molar-refractivity contribution in [3.63, 3.8) is 0 Å². The summed E-state index contributed by atoms with van der Waals surface area (Å²) in [5.74, 6) is 0. The van der Waals surface area contributed by atoms with Gasteiger partial charge in [-0.15, -0.1) is 0 Å². The maximum Gasteiger partial charge on any atom is 0.305 e. The Morgan fingerprint density at radius 1 is 1.45 bits per heavy atom. The minimum atomic E-state index is -3.60. The molecule has 0 bridgehead atoms. The Morgan fingerprint density at radius 2 is 2.25 bits per heavy atom. The van der Waals surface area contributed by atoms with Crippen LogP contribution in [0.2, 0.25) is 0 Å². The molecule has 0 saturated carbocycles. The van der Waals surface area contributed by atoms with Gasteiger partial charge in [0.15, 0.2) is 4.21 Å². The summed E-state index contributed by atoms with van der Waals surface area (Å²) < 4.78 is 27.2. The Morgan fingerprint density at radius 3 is 2.85 bits per heavy atom. The van der Waals surface area contributed by atoms with Crippen LogP contribution in [0.25, 0.3) is 0 Å². The number of nitrogens with one attached hydrogen (secondary N) is 1. The minimum Gasteiger partial charge on any atom is -0.315 e. The molecular weight excluding hydrogens is 316 g/mol. The van der Waals surface area contributed by atoms with E-state index < -0.39 is 10.0 Å². The highest BCUT2D eigenvalue weighted by Crippen LogP contribution is 2.38. The van der Waals surface area contributed by atoms with E-state index in [-0.39, 0.29) is 15.1 Å². The van der Waals surface area contributed by atoms with Crippen molar-refractivity contribution in [1.82, 2.24) is 9.29 Å². The predicted octanol–water partition coefficient (Wildman–Crippen LogP) is 2.33. The standard InChI is InChI=1S/C12H14N2O3S3/c1-8-11(19-12(15)13-8)20(16,17)14-5-2-3-10(14)9-4-6-18-7-9/h4,6-7,10H,2-3,5H2,1H3,(H,13,15). The average Bonchev–Trinajstić information content (AvgIpc) is 3.06. The molecule has 1 fully saturated rings. The lowest BCUT2D eigenvalue weighted by Gasteiger charge is -2.22. The van der Waals surface area contributed by atoms with Gasteiger partial charge in [-0.3, -0.25) is 4.79 Å². The first-order valence-corrected chi connectivity index (χ1v) is 9.44. The van der Waals surface area contributed by atoms with Crippen molar-refractivity contribution in [3.8, 4) is 0 Å². The summed E-state index contributed by atoms with van der Waals surface area (Å²) >= 11 is 2.34. The maximum atomic E-state index is 12.8. The van der Waals surface area contributed by atoms with Crippen molar-refractivity contribution in [2.24, 2.45) is 0 Å². The van der Waals surface area contributed by atoms with E-state index in [0.717, 1.165) is 29.7 Å². The lowest BCUT2D eigenvalue weighted by molar-refractivity contribution is 0.398. The van der Waals surface area contributed by atoms with Crippen LogP contribution in [-0.4, -0.2) is 24.3 Å². The van der Waals surface area contributed by atoms with Gasteiger partial charge >= 0.3 is 4.87 Å². The molecule has 8 heteroatoms. The van der Waals surface area contributed by atoms with Crippen molar-refractivity contribution in [3.05, 3.63) is 37.8 Å². The van der Waals surface area contributed by atoms with Gasteiger partial charge in [0.1, 0.15) is 0 Å². The number of aromatic amines is 1.